The van der Waals surface area contributed by atoms with Crippen molar-refractivity contribution in [2.24, 2.45) is 5.92 Å². The predicted molar refractivity (Wildman–Crippen MR) is 76.7 cm³/mol. The van der Waals surface area contributed by atoms with Gasteiger partial charge < -0.3 is 9.84 Å². The fourth-order valence-electron chi connectivity index (χ4n) is 2.08. The van der Waals surface area contributed by atoms with Crippen LogP contribution in [-0.4, -0.2) is 32.1 Å². The van der Waals surface area contributed by atoms with E-state index in [1.165, 1.54) is 24.3 Å². The second-order valence-corrected chi connectivity index (χ2v) is 6.81. The van der Waals surface area contributed by atoms with Gasteiger partial charge in [-0.15, -0.1) is 0 Å². The molecule has 2 unspecified atom stereocenters. The molecule has 0 aromatic heterocycles. The molecule has 0 saturated heterocycles. The molecule has 6 nitrogen and oxygen atoms in total. The van der Waals surface area contributed by atoms with Gasteiger partial charge in [0.1, 0.15) is 5.75 Å². The van der Waals surface area contributed by atoms with Gasteiger partial charge in [-0.1, -0.05) is 13.3 Å². The maximum atomic E-state index is 12.1. The van der Waals surface area contributed by atoms with Crippen molar-refractivity contribution in [3.63, 3.8) is 0 Å². The second kappa shape index (κ2) is 6.44. The topological polar surface area (TPSA) is 92.7 Å². The number of carbonyl (C=O) groups is 1. The van der Waals surface area contributed by atoms with E-state index in [2.05, 4.69) is 4.72 Å². The first-order chi connectivity index (χ1) is 9.92. The lowest BCUT2D eigenvalue weighted by atomic mass is 10.3. The van der Waals surface area contributed by atoms with Crippen LogP contribution in [-0.2, 0) is 14.8 Å². The zero-order valence-corrected chi connectivity index (χ0v) is 12.6. The normalized spacial score (nSPS) is 21.0. The van der Waals surface area contributed by atoms with Crippen molar-refractivity contribution in [2.45, 2.75) is 37.1 Å². The number of nitrogens with one attached hydrogen (secondary N) is 1. The van der Waals surface area contributed by atoms with Crippen molar-refractivity contribution >= 4 is 16.0 Å². The van der Waals surface area contributed by atoms with Crippen LogP contribution in [0, 0.1) is 5.92 Å². The number of ether oxygens (including phenoxy) is 1. The van der Waals surface area contributed by atoms with Gasteiger partial charge in [0, 0.05) is 6.04 Å². The molecular formula is C14H19NO5S. The van der Waals surface area contributed by atoms with Crippen molar-refractivity contribution in [1.82, 2.24) is 4.72 Å². The molecule has 1 fully saturated rings. The van der Waals surface area contributed by atoms with Crippen molar-refractivity contribution < 1.29 is 23.1 Å². The summed E-state index contributed by atoms with van der Waals surface area (Å²) in [5, 5.41) is 8.51. The van der Waals surface area contributed by atoms with Crippen LogP contribution in [0.25, 0.3) is 0 Å². The average Bonchev–Trinajstić information content (AvgIpc) is 3.16. The number of sulfonamides is 1. The van der Waals surface area contributed by atoms with Crippen LogP contribution >= 0.6 is 0 Å². The summed E-state index contributed by atoms with van der Waals surface area (Å²) in [6.07, 6.45) is 1.78. The molecule has 116 valence electrons. The summed E-state index contributed by atoms with van der Waals surface area (Å²) in [6.45, 7) is 2.10. The van der Waals surface area contributed by atoms with Gasteiger partial charge in [0.05, 0.1) is 17.9 Å². The second-order valence-electron chi connectivity index (χ2n) is 5.10. The minimum atomic E-state index is -3.49. The first-order valence-electron chi connectivity index (χ1n) is 6.89. The van der Waals surface area contributed by atoms with Crippen molar-refractivity contribution in [1.29, 1.82) is 0 Å². The molecule has 0 heterocycles. The number of aliphatic carboxylic acids is 1. The molecule has 1 saturated carbocycles. The molecule has 0 radical (unpaired) electrons. The van der Waals surface area contributed by atoms with Crippen molar-refractivity contribution in [3.8, 4) is 5.75 Å². The Morgan fingerprint density at radius 1 is 1.38 bits per heavy atom. The maximum Gasteiger partial charge on any atom is 0.306 e. The van der Waals surface area contributed by atoms with Crippen molar-refractivity contribution in [2.75, 3.05) is 6.61 Å². The lowest BCUT2D eigenvalue weighted by Crippen LogP contribution is -2.27. The summed E-state index contributed by atoms with van der Waals surface area (Å²) in [7, 11) is -3.49. The van der Waals surface area contributed by atoms with Gasteiger partial charge >= 0.3 is 5.97 Å². The van der Waals surface area contributed by atoms with Gasteiger partial charge in [-0.05, 0) is 36.6 Å². The third-order valence-electron chi connectivity index (χ3n) is 3.47. The predicted octanol–water partition coefficient (Wildman–Crippen LogP) is 1.62. The standard InChI is InChI=1S/C14H19NO5S/c1-2-10-9-13(10)15-21(18,19)12-5-3-11(4-6-12)20-8-7-14(16)17/h3-6,10,13,15H,2,7-9H2,1H3,(H,16,17). The highest BCUT2D eigenvalue weighted by Crippen LogP contribution is 2.34. The Kier molecular flexibility index (Phi) is 4.84. The largest absolute Gasteiger partial charge is 0.493 e. The van der Waals surface area contributed by atoms with Gasteiger partial charge in [-0.3, -0.25) is 4.79 Å². The maximum absolute atomic E-state index is 12.1. The Labute approximate surface area is 124 Å². The smallest absolute Gasteiger partial charge is 0.306 e. The third-order valence-corrected chi connectivity index (χ3v) is 4.98. The molecule has 0 spiro atoms. The van der Waals surface area contributed by atoms with E-state index in [1.54, 1.807) is 0 Å². The van der Waals surface area contributed by atoms with E-state index in [-0.39, 0.29) is 24.0 Å². The van der Waals surface area contributed by atoms with E-state index in [0.29, 0.717) is 11.7 Å². The molecule has 21 heavy (non-hydrogen) atoms. The molecule has 1 aliphatic carbocycles. The van der Waals surface area contributed by atoms with E-state index in [9.17, 15) is 13.2 Å². The molecular weight excluding hydrogens is 294 g/mol. The molecule has 1 aromatic carbocycles. The molecule has 1 aliphatic rings. The van der Waals surface area contributed by atoms with Crippen molar-refractivity contribution in [3.05, 3.63) is 24.3 Å². The number of hydrogen-bond acceptors (Lipinski definition) is 4. The highest BCUT2D eigenvalue weighted by Gasteiger charge is 2.38. The van der Waals surface area contributed by atoms with E-state index in [1.807, 2.05) is 6.92 Å². The van der Waals surface area contributed by atoms with Gasteiger partial charge in [0.15, 0.2) is 0 Å². The minimum Gasteiger partial charge on any atom is -0.493 e. The third kappa shape index (κ3) is 4.44. The average molecular weight is 313 g/mol. The molecule has 2 N–H and O–H groups in total. The lowest BCUT2D eigenvalue weighted by Gasteiger charge is -2.08. The van der Waals surface area contributed by atoms with Crippen LogP contribution in [0.4, 0.5) is 0 Å². The number of hydrogen-bond donors (Lipinski definition) is 2. The lowest BCUT2D eigenvalue weighted by molar-refractivity contribution is -0.137. The van der Waals surface area contributed by atoms with Crippen LogP contribution < -0.4 is 9.46 Å². The quantitative estimate of drug-likeness (QED) is 0.760. The van der Waals surface area contributed by atoms with Crippen LogP contribution in [0.2, 0.25) is 0 Å². The summed E-state index contributed by atoms with van der Waals surface area (Å²) in [6, 6.07) is 6.02. The molecule has 7 heteroatoms. The van der Waals surface area contributed by atoms with Gasteiger partial charge in [-0.25, -0.2) is 13.1 Å². The molecule has 2 rings (SSSR count). The molecule has 2 atom stereocenters. The highest BCUT2D eigenvalue weighted by atomic mass is 32.2. The highest BCUT2D eigenvalue weighted by molar-refractivity contribution is 7.89. The van der Waals surface area contributed by atoms with E-state index < -0.39 is 16.0 Å². The summed E-state index contributed by atoms with van der Waals surface area (Å²) in [5.41, 5.74) is 0. The Morgan fingerprint density at radius 3 is 2.57 bits per heavy atom. The number of rotatable bonds is 8. The Morgan fingerprint density at radius 2 is 2.05 bits per heavy atom. The monoisotopic (exact) mass is 313 g/mol. The molecule has 0 amide bonds. The minimum absolute atomic E-state index is 0.0477. The molecule has 0 bridgehead atoms. The number of carboxylic acids is 1. The van der Waals surface area contributed by atoms with Gasteiger partial charge in [0.25, 0.3) is 0 Å². The summed E-state index contributed by atoms with van der Waals surface area (Å²) < 4.78 is 32.2. The number of carboxylic acid groups (broad SMARTS) is 1. The van der Waals surface area contributed by atoms with Crippen LogP contribution in [0.15, 0.2) is 29.2 Å². The van der Waals surface area contributed by atoms with Gasteiger partial charge in [-0.2, -0.15) is 0 Å². The van der Waals surface area contributed by atoms with Crippen LogP contribution in [0.3, 0.4) is 0 Å². The first-order valence-corrected chi connectivity index (χ1v) is 8.37. The Balaban J connectivity index is 1.93. The first kappa shape index (κ1) is 15.8. The fraction of sp³-hybridized carbons (Fsp3) is 0.500. The summed E-state index contributed by atoms with van der Waals surface area (Å²) in [5.74, 6) is -0.0419. The Bertz CT molecular complexity index is 596. The fourth-order valence-corrected chi connectivity index (χ4v) is 3.40. The van der Waals surface area contributed by atoms with Gasteiger partial charge in [0.2, 0.25) is 10.0 Å². The summed E-state index contributed by atoms with van der Waals surface area (Å²) in [4.78, 5) is 10.6. The van der Waals surface area contributed by atoms with Crippen LogP contribution in [0.1, 0.15) is 26.2 Å². The van der Waals surface area contributed by atoms with Crippen LogP contribution in [0.5, 0.6) is 5.75 Å². The van der Waals surface area contributed by atoms with E-state index in [0.717, 1.165) is 12.8 Å². The van der Waals surface area contributed by atoms with E-state index >= 15 is 0 Å². The molecule has 1 aromatic rings. The molecule has 0 aliphatic heterocycles. The summed E-state index contributed by atoms with van der Waals surface area (Å²) >= 11 is 0. The zero-order valence-electron chi connectivity index (χ0n) is 11.8. The van der Waals surface area contributed by atoms with E-state index in [4.69, 9.17) is 9.84 Å². The number of benzene rings is 1. The zero-order chi connectivity index (χ0) is 15.5. The Hall–Kier alpha value is -1.60. The SMILES string of the molecule is CCC1CC1NS(=O)(=O)c1ccc(OCCC(=O)O)cc1.